The summed E-state index contributed by atoms with van der Waals surface area (Å²) >= 11 is 3.39. The van der Waals surface area contributed by atoms with Crippen molar-refractivity contribution in [3.05, 3.63) is 58.1 Å². The predicted molar refractivity (Wildman–Crippen MR) is 88.7 cm³/mol. The molecule has 1 atom stereocenters. The third-order valence-corrected chi connectivity index (χ3v) is 5.39. The number of nitrogens with two attached hydrogens (primary N) is 1. The molecule has 21 heavy (non-hydrogen) atoms. The summed E-state index contributed by atoms with van der Waals surface area (Å²) in [5.74, 6) is 0. The normalized spacial score (nSPS) is 13.0. The zero-order valence-corrected chi connectivity index (χ0v) is 14.2. The predicted octanol–water partition coefficient (Wildman–Crippen LogP) is 3.58. The van der Waals surface area contributed by atoms with Gasteiger partial charge >= 0.3 is 0 Å². The second-order valence-electron chi connectivity index (χ2n) is 4.93. The van der Waals surface area contributed by atoms with Crippen molar-refractivity contribution in [3.63, 3.8) is 0 Å². The highest BCUT2D eigenvalue weighted by molar-refractivity contribution is 9.10. The molecule has 0 aliphatic heterocycles. The van der Waals surface area contributed by atoms with Crippen LogP contribution in [0.3, 0.4) is 0 Å². The van der Waals surface area contributed by atoms with Crippen molar-refractivity contribution >= 4 is 31.6 Å². The number of rotatable bonds is 4. The maximum absolute atomic E-state index is 12.3. The number of benzene rings is 2. The Labute approximate surface area is 133 Å². The fraction of sp³-hybridized carbons (Fsp3) is 0.200. The highest BCUT2D eigenvalue weighted by Gasteiger charge is 2.14. The van der Waals surface area contributed by atoms with E-state index in [9.17, 15) is 8.42 Å². The zero-order chi connectivity index (χ0) is 15.6. The van der Waals surface area contributed by atoms with Gasteiger partial charge in [-0.25, -0.2) is 8.42 Å². The standard InChI is InChI=1S/C15H17BrN2O2S/c1-10-3-6-13(9-15(10)16)18-21(19,20)14-7-4-12(5-8-14)11(2)17/h3-9,11,18H,17H2,1-2H3. The lowest BCUT2D eigenvalue weighted by Crippen LogP contribution is -2.13. The molecule has 0 fully saturated rings. The zero-order valence-electron chi connectivity index (χ0n) is 11.8. The molecule has 0 spiro atoms. The van der Waals surface area contributed by atoms with Gasteiger partial charge in [0.25, 0.3) is 10.0 Å². The summed E-state index contributed by atoms with van der Waals surface area (Å²) in [6, 6.07) is 11.8. The summed E-state index contributed by atoms with van der Waals surface area (Å²) in [5, 5.41) is 0. The van der Waals surface area contributed by atoms with E-state index in [-0.39, 0.29) is 10.9 Å². The lowest BCUT2D eigenvalue weighted by atomic mass is 10.1. The van der Waals surface area contributed by atoms with Crippen molar-refractivity contribution in [3.8, 4) is 0 Å². The third kappa shape index (κ3) is 3.84. The van der Waals surface area contributed by atoms with Crippen molar-refractivity contribution in [1.29, 1.82) is 0 Å². The Morgan fingerprint density at radius 3 is 2.29 bits per heavy atom. The largest absolute Gasteiger partial charge is 0.324 e. The SMILES string of the molecule is Cc1ccc(NS(=O)(=O)c2ccc(C(C)N)cc2)cc1Br. The van der Waals surface area contributed by atoms with Gasteiger partial charge in [-0.3, -0.25) is 4.72 Å². The second-order valence-corrected chi connectivity index (χ2v) is 7.46. The average Bonchev–Trinajstić information content (AvgIpc) is 2.43. The highest BCUT2D eigenvalue weighted by atomic mass is 79.9. The summed E-state index contributed by atoms with van der Waals surface area (Å²) in [6.07, 6.45) is 0. The van der Waals surface area contributed by atoms with E-state index < -0.39 is 10.0 Å². The summed E-state index contributed by atoms with van der Waals surface area (Å²) < 4.78 is 28.1. The molecule has 0 aliphatic carbocycles. The van der Waals surface area contributed by atoms with Gasteiger partial charge < -0.3 is 5.73 Å². The average molecular weight is 369 g/mol. The highest BCUT2D eigenvalue weighted by Crippen LogP contribution is 2.23. The molecule has 4 nitrogen and oxygen atoms in total. The van der Waals surface area contributed by atoms with Crippen molar-refractivity contribution < 1.29 is 8.42 Å². The monoisotopic (exact) mass is 368 g/mol. The Kier molecular flexibility index (Phi) is 4.70. The first-order valence-electron chi connectivity index (χ1n) is 6.44. The molecule has 0 heterocycles. The van der Waals surface area contributed by atoms with Crippen LogP contribution in [0, 0.1) is 6.92 Å². The van der Waals surface area contributed by atoms with Gasteiger partial charge in [0, 0.05) is 16.2 Å². The Hall–Kier alpha value is -1.37. The van der Waals surface area contributed by atoms with Crippen molar-refractivity contribution in [1.82, 2.24) is 0 Å². The molecule has 0 amide bonds. The fourth-order valence-corrected chi connectivity index (χ4v) is 3.25. The molecular weight excluding hydrogens is 352 g/mol. The van der Waals surface area contributed by atoms with Gasteiger partial charge in [0.15, 0.2) is 0 Å². The van der Waals surface area contributed by atoms with E-state index in [1.807, 2.05) is 19.9 Å². The van der Waals surface area contributed by atoms with Crippen LogP contribution in [0.5, 0.6) is 0 Å². The maximum Gasteiger partial charge on any atom is 0.261 e. The molecule has 3 N–H and O–H groups in total. The smallest absolute Gasteiger partial charge is 0.261 e. The number of halogens is 1. The van der Waals surface area contributed by atoms with Crippen LogP contribution in [0.1, 0.15) is 24.1 Å². The van der Waals surface area contributed by atoms with Gasteiger partial charge in [-0.1, -0.05) is 34.1 Å². The molecule has 1 unspecified atom stereocenters. The van der Waals surface area contributed by atoms with Crippen LogP contribution < -0.4 is 10.5 Å². The number of hydrogen-bond acceptors (Lipinski definition) is 3. The van der Waals surface area contributed by atoms with Gasteiger partial charge in [0.2, 0.25) is 0 Å². The van der Waals surface area contributed by atoms with Crippen LogP contribution in [0.15, 0.2) is 51.8 Å². The fourth-order valence-electron chi connectivity index (χ4n) is 1.82. The Morgan fingerprint density at radius 1 is 1.14 bits per heavy atom. The molecule has 0 saturated heterocycles. The molecule has 6 heteroatoms. The van der Waals surface area contributed by atoms with Gasteiger partial charge in [-0.2, -0.15) is 0 Å². The number of nitrogens with one attached hydrogen (secondary N) is 1. The Balaban J connectivity index is 2.27. The third-order valence-electron chi connectivity index (χ3n) is 3.14. The van der Waals surface area contributed by atoms with E-state index in [4.69, 9.17) is 5.73 Å². The van der Waals surface area contributed by atoms with Gasteiger partial charge in [0.05, 0.1) is 4.90 Å². The molecule has 0 bridgehead atoms. The Bertz CT molecular complexity index is 741. The summed E-state index contributed by atoms with van der Waals surface area (Å²) in [4.78, 5) is 0.212. The molecule has 2 rings (SSSR count). The Morgan fingerprint density at radius 2 is 1.76 bits per heavy atom. The number of sulfonamides is 1. The molecule has 0 saturated carbocycles. The molecular formula is C15H17BrN2O2S. The second kappa shape index (κ2) is 6.17. The molecule has 112 valence electrons. The lowest BCUT2D eigenvalue weighted by Gasteiger charge is -2.11. The number of aryl methyl sites for hydroxylation is 1. The molecule has 0 aromatic heterocycles. The van der Waals surface area contributed by atoms with E-state index in [0.717, 1.165) is 15.6 Å². The van der Waals surface area contributed by atoms with Crippen LogP contribution in [0.4, 0.5) is 5.69 Å². The van der Waals surface area contributed by atoms with E-state index in [0.29, 0.717) is 5.69 Å². The van der Waals surface area contributed by atoms with Crippen molar-refractivity contribution in [2.75, 3.05) is 4.72 Å². The van der Waals surface area contributed by atoms with E-state index in [1.54, 1.807) is 36.4 Å². The summed E-state index contributed by atoms with van der Waals surface area (Å²) in [6.45, 7) is 3.79. The first-order valence-corrected chi connectivity index (χ1v) is 8.72. The van der Waals surface area contributed by atoms with Gasteiger partial charge in [-0.05, 0) is 49.2 Å². The molecule has 2 aromatic rings. The van der Waals surface area contributed by atoms with Crippen molar-refractivity contribution in [2.45, 2.75) is 24.8 Å². The minimum Gasteiger partial charge on any atom is -0.324 e. The molecule has 0 radical (unpaired) electrons. The molecule has 2 aromatic carbocycles. The van der Waals surface area contributed by atoms with E-state index >= 15 is 0 Å². The number of hydrogen-bond donors (Lipinski definition) is 2. The maximum atomic E-state index is 12.3. The number of anilines is 1. The van der Waals surface area contributed by atoms with Crippen LogP contribution in [-0.4, -0.2) is 8.42 Å². The minimum atomic E-state index is -3.60. The van der Waals surface area contributed by atoms with E-state index in [2.05, 4.69) is 20.7 Å². The van der Waals surface area contributed by atoms with Gasteiger partial charge in [0.1, 0.15) is 0 Å². The van der Waals surface area contributed by atoms with Crippen LogP contribution in [-0.2, 0) is 10.0 Å². The quantitative estimate of drug-likeness (QED) is 0.865. The first kappa shape index (κ1) is 16.0. The topological polar surface area (TPSA) is 72.2 Å². The van der Waals surface area contributed by atoms with Crippen LogP contribution in [0.25, 0.3) is 0 Å². The summed E-state index contributed by atoms with van der Waals surface area (Å²) in [5.41, 5.74) is 8.21. The van der Waals surface area contributed by atoms with E-state index in [1.165, 1.54) is 0 Å². The summed E-state index contributed by atoms with van der Waals surface area (Å²) in [7, 11) is -3.60. The first-order chi connectivity index (χ1) is 9.79. The van der Waals surface area contributed by atoms with Gasteiger partial charge in [-0.15, -0.1) is 0 Å². The van der Waals surface area contributed by atoms with Crippen LogP contribution in [0.2, 0.25) is 0 Å². The minimum absolute atomic E-state index is 0.122. The lowest BCUT2D eigenvalue weighted by molar-refractivity contribution is 0.601. The molecule has 0 aliphatic rings. The van der Waals surface area contributed by atoms with Crippen LogP contribution >= 0.6 is 15.9 Å². The van der Waals surface area contributed by atoms with Crippen molar-refractivity contribution in [2.24, 2.45) is 5.73 Å².